The van der Waals surface area contributed by atoms with Gasteiger partial charge in [-0.1, -0.05) is 127 Å². The van der Waals surface area contributed by atoms with Crippen molar-refractivity contribution in [1.82, 2.24) is 0 Å². The van der Waals surface area contributed by atoms with Crippen molar-refractivity contribution in [3.63, 3.8) is 0 Å². The topological polar surface area (TPSA) is 74.6 Å². The van der Waals surface area contributed by atoms with Gasteiger partial charge < -0.3 is 10.2 Å². The number of aromatic carboxylic acids is 2. The zero-order valence-corrected chi connectivity index (χ0v) is 25.9. The molecular formula is C38H50O4. The van der Waals surface area contributed by atoms with Crippen LogP contribution in [0.5, 0.6) is 0 Å². The third-order valence-electron chi connectivity index (χ3n) is 7.57. The van der Waals surface area contributed by atoms with Crippen molar-refractivity contribution in [1.29, 1.82) is 0 Å². The maximum absolute atomic E-state index is 12.1. The molecule has 2 N–H and O–H groups in total. The van der Waals surface area contributed by atoms with E-state index in [1.807, 2.05) is 0 Å². The monoisotopic (exact) mass is 570 g/mol. The van der Waals surface area contributed by atoms with Gasteiger partial charge in [0.1, 0.15) is 0 Å². The number of rotatable bonds is 19. The lowest BCUT2D eigenvalue weighted by molar-refractivity contribution is 0.0684. The van der Waals surface area contributed by atoms with Gasteiger partial charge in [0.05, 0.1) is 11.1 Å². The second kappa shape index (κ2) is 21.2. The van der Waals surface area contributed by atoms with Gasteiger partial charge in [-0.15, -0.1) is 0 Å². The Labute approximate surface area is 254 Å². The first-order valence-corrected chi connectivity index (χ1v) is 16.2. The highest BCUT2D eigenvalue weighted by molar-refractivity contribution is 6.02. The average Bonchev–Trinajstić information content (AvgIpc) is 2.98. The fourth-order valence-corrected chi connectivity index (χ4v) is 5.09. The van der Waals surface area contributed by atoms with Crippen LogP contribution in [0.15, 0.2) is 36.4 Å². The molecule has 4 nitrogen and oxygen atoms in total. The van der Waals surface area contributed by atoms with Gasteiger partial charge in [0, 0.05) is 24.0 Å². The molecular weight excluding hydrogens is 520 g/mol. The molecule has 0 amide bonds. The number of hydrogen-bond acceptors (Lipinski definition) is 2. The minimum atomic E-state index is -1.11. The third-order valence-corrected chi connectivity index (χ3v) is 7.57. The molecule has 0 spiro atoms. The Kier molecular flexibility index (Phi) is 17.5. The molecule has 0 aliphatic rings. The molecule has 0 fully saturated rings. The van der Waals surface area contributed by atoms with Gasteiger partial charge in [0.15, 0.2) is 0 Å². The Morgan fingerprint density at radius 2 is 0.857 bits per heavy atom. The van der Waals surface area contributed by atoms with Gasteiger partial charge in [-0.3, -0.25) is 0 Å². The lowest BCUT2D eigenvalue weighted by atomic mass is 9.92. The van der Waals surface area contributed by atoms with Crippen LogP contribution in [0.25, 0.3) is 11.1 Å². The Bertz CT molecular complexity index is 1140. The zero-order chi connectivity index (χ0) is 30.4. The van der Waals surface area contributed by atoms with Crippen LogP contribution in [0.3, 0.4) is 0 Å². The van der Waals surface area contributed by atoms with E-state index in [9.17, 15) is 19.8 Å². The molecule has 2 aromatic carbocycles. The summed E-state index contributed by atoms with van der Waals surface area (Å²) in [5, 5.41) is 19.7. The van der Waals surface area contributed by atoms with E-state index in [1.165, 1.54) is 102 Å². The standard InChI is InChI=1S/C38H50O4/c1-3-5-7-9-11-13-15-17-19-21-23-31-25-27-33(37(39)40)35(29-31)36-30-32(26-28-34(36)38(41)42)24-22-20-18-16-14-12-10-8-6-4-2/h25-30H,3-20H2,1-2H3,(H,39,40)(H,41,42). The summed E-state index contributed by atoms with van der Waals surface area (Å²) in [6, 6.07) is 9.82. The summed E-state index contributed by atoms with van der Waals surface area (Å²) >= 11 is 0. The molecule has 42 heavy (non-hydrogen) atoms. The summed E-state index contributed by atoms with van der Waals surface area (Å²) in [5.74, 6) is 10.5. The van der Waals surface area contributed by atoms with Gasteiger partial charge in [-0.05, 0) is 60.4 Å². The lowest BCUT2D eigenvalue weighted by Crippen LogP contribution is -2.05. The fraction of sp³-hybridized carbons (Fsp3) is 0.526. The summed E-state index contributed by atoms with van der Waals surface area (Å²) < 4.78 is 0. The molecule has 0 aromatic heterocycles. The molecule has 0 unspecified atom stereocenters. The Morgan fingerprint density at radius 3 is 1.19 bits per heavy atom. The summed E-state index contributed by atoms with van der Waals surface area (Å²) in [7, 11) is 0. The number of unbranched alkanes of at least 4 members (excludes halogenated alkanes) is 16. The zero-order valence-electron chi connectivity index (χ0n) is 25.9. The molecule has 0 aliphatic carbocycles. The van der Waals surface area contributed by atoms with Crippen molar-refractivity contribution >= 4 is 11.9 Å². The van der Waals surface area contributed by atoms with E-state index in [2.05, 4.69) is 37.5 Å². The average molecular weight is 571 g/mol. The molecule has 0 atom stereocenters. The van der Waals surface area contributed by atoms with Crippen molar-refractivity contribution in [2.45, 2.75) is 129 Å². The van der Waals surface area contributed by atoms with E-state index in [0.29, 0.717) is 22.3 Å². The van der Waals surface area contributed by atoms with E-state index in [4.69, 9.17) is 0 Å². The quantitative estimate of drug-likeness (QED) is 0.130. The molecule has 226 valence electrons. The Morgan fingerprint density at radius 1 is 0.524 bits per heavy atom. The number of carbonyl (C=O) groups is 2. The van der Waals surface area contributed by atoms with Gasteiger partial charge in [0.2, 0.25) is 0 Å². The highest BCUT2D eigenvalue weighted by Gasteiger charge is 2.18. The van der Waals surface area contributed by atoms with Gasteiger partial charge >= 0.3 is 11.9 Å². The number of benzene rings is 2. The van der Waals surface area contributed by atoms with Crippen molar-refractivity contribution < 1.29 is 19.8 Å². The van der Waals surface area contributed by atoms with Crippen LogP contribution < -0.4 is 0 Å². The summed E-state index contributed by atoms with van der Waals surface area (Å²) in [6.45, 7) is 4.46. The normalized spacial score (nSPS) is 10.4. The minimum absolute atomic E-state index is 0.0511. The predicted molar refractivity (Wildman–Crippen MR) is 174 cm³/mol. The van der Waals surface area contributed by atoms with Crippen LogP contribution >= 0.6 is 0 Å². The molecule has 2 aromatic rings. The molecule has 0 aliphatic heterocycles. The Hall–Kier alpha value is -3.50. The van der Waals surface area contributed by atoms with Crippen molar-refractivity contribution in [3.8, 4) is 34.8 Å². The van der Waals surface area contributed by atoms with Crippen LogP contribution in [0, 0.1) is 23.7 Å². The van der Waals surface area contributed by atoms with E-state index in [1.54, 1.807) is 24.3 Å². The maximum Gasteiger partial charge on any atom is 0.336 e. The van der Waals surface area contributed by atoms with Crippen molar-refractivity contribution in [2.75, 3.05) is 0 Å². The first kappa shape index (κ1) is 34.7. The first-order valence-electron chi connectivity index (χ1n) is 16.2. The van der Waals surface area contributed by atoms with E-state index < -0.39 is 11.9 Å². The summed E-state index contributed by atoms with van der Waals surface area (Å²) in [5.41, 5.74) is 2.16. The molecule has 0 saturated carbocycles. The first-order chi connectivity index (χ1) is 20.5. The van der Waals surface area contributed by atoms with E-state index in [0.717, 1.165) is 25.7 Å². The predicted octanol–water partition coefficient (Wildman–Crippen LogP) is 10.5. The van der Waals surface area contributed by atoms with E-state index >= 15 is 0 Å². The van der Waals surface area contributed by atoms with Crippen molar-refractivity contribution in [2.24, 2.45) is 0 Å². The van der Waals surface area contributed by atoms with Gasteiger partial charge in [-0.2, -0.15) is 0 Å². The van der Waals surface area contributed by atoms with Crippen LogP contribution in [0.1, 0.15) is 161 Å². The molecule has 2 rings (SSSR count). The largest absolute Gasteiger partial charge is 0.478 e. The minimum Gasteiger partial charge on any atom is -0.478 e. The molecule has 4 heteroatoms. The lowest BCUT2D eigenvalue weighted by Gasteiger charge is -2.11. The smallest absolute Gasteiger partial charge is 0.336 e. The van der Waals surface area contributed by atoms with E-state index in [-0.39, 0.29) is 11.1 Å². The molecule has 0 heterocycles. The van der Waals surface area contributed by atoms with Crippen LogP contribution in [0.2, 0.25) is 0 Å². The summed E-state index contributed by atoms with van der Waals surface area (Å²) in [6.07, 6.45) is 21.5. The van der Waals surface area contributed by atoms with Gasteiger partial charge in [-0.25, -0.2) is 9.59 Å². The second-order valence-corrected chi connectivity index (χ2v) is 11.2. The maximum atomic E-state index is 12.1. The summed E-state index contributed by atoms with van der Waals surface area (Å²) in [4.78, 5) is 24.2. The number of carboxylic acids is 2. The second-order valence-electron chi connectivity index (χ2n) is 11.2. The SMILES string of the molecule is CCCCCCCCCCC#Cc1ccc(C(=O)O)c(-c2cc(C#CCCCCCCCCCC)ccc2C(=O)O)c1. The van der Waals surface area contributed by atoms with Crippen LogP contribution in [0.4, 0.5) is 0 Å². The molecule has 0 bridgehead atoms. The van der Waals surface area contributed by atoms with Crippen LogP contribution in [-0.4, -0.2) is 22.2 Å². The number of hydrogen-bond donors (Lipinski definition) is 2. The number of carboxylic acid groups (broad SMARTS) is 2. The Balaban J connectivity index is 2.09. The van der Waals surface area contributed by atoms with Crippen LogP contribution in [-0.2, 0) is 0 Å². The highest BCUT2D eigenvalue weighted by Crippen LogP contribution is 2.30. The highest BCUT2D eigenvalue weighted by atomic mass is 16.4. The molecule has 0 saturated heterocycles. The van der Waals surface area contributed by atoms with Gasteiger partial charge in [0.25, 0.3) is 0 Å². The molecule has 0 radical (unpaired) electrons. The third kappa shape index (κ3) is 13.4. The fourth-order valence-electron chi connectivity index (χ4n) is 5.09. The van der Waals surface area contributed by atoms with Crippen molar-refractivity contribution in [3.05, 3.63) is 58.7 Å².